The van der Waals surface area contributed by atoms with Crippen molar-refractivity contribution in [2.45, 2.75) is 157 Å². The van der Waals surface area contributed by atoms with E-state index in [2.05, 4.69) is 26.1 Å². The van der Waals surface area contributed by atoms with Crippen molar-refractivity contribution >= 4 is 5.97 Å². The van der Waals surface area contributed by atoms with Gasteiger partial charge < -0.3 is 20.3 Å². The van der Waals surface area contributed by atoms with Crippen LogP contribution in [0.5, 0.6) is 11.5 Å². The van der Waals surface area contributed by atoms with Gasteiger partial charge in [-0.05, 0) is 70.6 Å². The minimum Gasteiger partial charge on any atom is -0.504 e. The summed E-state index contributed by atoms with van der Waals surface area (Å²) in [6, 6.07) is 4.73. The van der Waals surface area contributed by atoms with Gasteiger partial charge in [0.15, 0.2) is 11.5 Å². The standard InChI is InChI=1S/C34H61NO4/c1-32(2,3)23-19-17-15-13-11-9-10-12-14-16-18-20-24-34(7,8)31(38)39-30-22-21-27(25-28(30)36)29(37)26-35-33(4,5)6/h21-22,25,29,35-37H,9-20,23-24,26H2,1-8H3. The monoisotopic (exact) mass is 547 g/mol. The summed E-state index contributed by atoms with van der Waals surface area (Å²) in [4.78, 5) is 12.8. The lowest BCUT2D eigenvalue weighted by Crippen LogP contribution is -2.38. The van der Waals surface area contributed by atoms with Gasteiger partial charge in [0.2, 0.25) is 0 Å². The lowest BCUT2D eigenvalue weighted by molar-refractivity contribution is -0.144. The molecule has 1 aromatic carbocycles. The maximum absolute atomic E-state index is 12.8. The molecule has 0 aliphatic carbocycles. The van der Waals surface area contributed by atoms with Crippen molar-refractivity contribution < 1.29 is 19.7 Å². The fourth-order valence-electron chi connectivity index (χ4n) is 4.68. The van der Waals surface area contributed by atoms with Gasteiger partial charge in [0.05, 0.1) is 11.5 Å². The number of β-amino-alcohol motifs (C(OH)–C–C–N with tert-alkyl or cyclic N) is 1. The van der Waals surface area contributed by atoms with E-state index in [1.54, 1.807) is 12.1 Å². The molecule has 0 saturated carbocycles. The van der Waals surface area contributed by atoms with E-state index in [0.29, 0.717) is 17.5 Å². The van der Waals surface area contributed by atoms with Crippen LogP contribution in [0.4, 0.5) is 0 Å². The zero-order chi connectivity index (χ0) is 29.5. The summed E-state index contributed by atoms with van der Waals surface area (Å²) in [6.45, 7) is 17.3. The maximum Gasteiger partial charge on any atom is 0.317 e. The van der Waals surface area contributed by atoms with E-state index in [0.717, 1.165) is 19.3 Å². The number of ether oxygens (including phenoxy) is 1. The molecule has 1 unspecified atom stereocenters. The van der Waals surface area contributed by atoms with Crippen LogP contribution in [0, 0.1) is 10.8 Å². The van der Waals surface area contributed by atoms with Gasteiger partial charge in [-0.25, -0.2) is 0 Å². The second-order valence-corrected chi connectivity index (χ2v) is 14.5. The molecule has 39 heavy (non-hydrogen) atoms. The summed E-state index contributed by atoms with van der Waals surface area (Å²) in [5.74, 6) is -0.330. The van der Waals surface area contributed by atoms with Crippen LogP contribution in [0.2, 0.25) is 0 Å². The number of hydrogen-bond acceptors (Lipinski definition) is 5. The van der Waals surface area contributed by atoms with E-state index in [9.17, 15) is 15.0 Å². The minimum atomic E-state index is -0.760. The van der Waals surface area contributed by atoms with Crippen molar-refractivity contribution in [3.05, 3.63) is 23.8 Å². The van der Waals surface area contributed by atoms with Gasteiger partial charge in [-0.2, -0.15) is 0 Å². The number of carbonyl (C=O) groups is 1. The van der Waals surface area contributed by atoms with Gasteiger partial charge in [-0.3, -0.25) is 4.79 Å². The average Bonchev–Trinajstić information content (AvgIpc) is 2.82. The van der Waals surface area contributed by atoms with E-state index in [-0.39, 0.29) is 23.0 Å². The van der Waals surface area contributed by atoms with Gasteiger partial charge >= 0.3 is 5.97 Å². The molecule has 0 heterocycles. The lowest BCUT2D eigenvalue weighted by atomic mass is 9.87. The van der Waals surface area contributed by atoms with Crippen molar-refractivity contribution in [1.82, 2.24) is 5.32 Å². The van der Waals surface area contributed by atoms with Crippen molar-refractivity contribution in [3.63, 3.8) is 0 Å². The van der Waals surface area contributed by atoms with Crippen LogP contribution >= 0.6 is 0 Å². The first-order valence-corrected chi connectivity index (χ1v) is 15.6. The molecule has 0 radical (unpaired) electrons. The number of hydrogen-bond donors (Lipinski definition) is 3. The number of aromatic hydroxyl groups is 1. The Labute approximate surface area is 240 Å². The summed E-state index contributed by atoms with van der Waals surface area (Å²) in [7, 11) is 0. The fourth-order valence-corrected chi connectivity index (χ4v) is 4.68. The number of phenols is 1. The molecular weight excluding hydrogens is 486 g/mol. The SMILES string of the molecule is CC(C)(C)CCCCCCCCCCCCCCC(C)(C)C(=O)Oc1ccc(C(O)CNC(C)(C)C)cc1O. The van der Waals surface area contributed by atoms with E-state index >= 15 is 0 Å². The van der Waals surface area contributed by atoms with Crippen molar-refractivity contribution in [2.75, 3.05) is 6.54 Å². The van der Waals surface area contributed by atoms with Gasteiger partial charge in [0.1, 0.15) is 0 Å². The Bertz CT molecular complexity index is 819. The van der Waals surface area contributed by atoms with Crippen molar-refractivity contribution in [1.29, 1.82) is 0 Å². The molecule has 0 amide bonds. The van der Waals surface area contributed by atoms with E-state index < -0.39 is 11.5 Å². The number of benzene rings is 1. The quantitative estimate of drug-likeness (QED) is 0.0913. The zero-order valence-corrected chi connectivity index (χ0v) is 26.6. The molecule has 0 bridgehead atoms. The molecule has 5 heteroatoms. The second-order valence-electron chi connectivity index (χ2n) is 14.5. The Hall–Kier alpha value is -1.59. The first-order chi connectivity index (χ1) is 18.1. The molecule has 0 aliphatic rings. The highest BCUT2D eigenvalue weighted by molar-refractivity contribution is 5.79. The smallest absolute Gasteiger partial charge is 0.317 e. The normalized spacial score (nSPS) is 13.5. The van der Waals surface area contributed by atoms with Crippen LogP contribution in [0.15, 0.2) is 18.2 Å². The zero-order valence-electron chi connectivity index (χ0n) is 26.6. The highest BCUT2D eigenvalue weighted by Gasteiger charge is 2.30. The Balaban J connectivity index is 2.21. The lowest BCUT2D eigenvalue weighted by Gasteiger charge is -2.24. The number of nitrogens with one attached hydrogen (secondary N) is 1. The first-order valence-electron chi connectivity index (χ1n) is 15.6. The fraction of sp³-hybridized carbons (Fsp3) is 0.794. The number of esters is 1. The molecule has 1 atom stereocenters. The Morgan fingerprint density at radius 1 is 0.769 bits per heavy atom. The Morgan fingerprint density at radius 3 is 1.67 bits per heavy atom. The molecule has 0 saturated heterocycles. The highest BCUT2D eigenvalue weighted by Crippen LogP contribution is 2.33. The molecule has 3 N–H and O–H groups in total. The maximum atomic E-state index is 12.8. The third kappa shape index (κ3) is 17.0. The minimum absolute atomic E-state index is 0.116. The second kappa shape index (κ2) is 17.3. The number of aliphatic hydroxyl groups is 1. The van der Waals surface area contributed by atoms with E-state index in [1.165, 1.54) is 76.7 Å². The number of rotatable bonds is 19. The number of carbonyl (C=O) groups excluding carboxylic acids is 1. The highest BCUT2D eigenvalue weighted by atomic mass is 16.5. The van der Waals surface area contributed by atoms with E-state index in [1.807, 2.05) is 34.6 Å². The first kappa shape index (κ1) is 35.4. The van der Waals surface area contributed by atoms with Crippen molar-refractivity contribution in [2.24, 2.45) is 10.8 Å². The van der Waals surface area contributed by atoms with Crippen LogP contribution in [0.3, 0.4) is 0 Å². The van der Waals surface area contributed by atoms with Gasteiger partial charge in [0.25, 0.3) is 0 Å². The van der Waals surface area contributed by atoms with Crippen LogP contribution in [-0.4, -0.2) is 28.3 Å². The molecule has 1 rings (SSSR count). The van der Waals surface area contributed by atoms with Crippen molar-refractivity contribution in [3.8, 4) is 11.5 Å². The molecule has 0 spiro atoms. The Kier molecular flexibility index (Phi) is 15.7. The molecule has 5 nitrogen and oxygen atoms in total. The Morgan fingerprint density at radius 2 is 1.23 bits per heavy atom. The number of unbranched alkanes of at least 4 members (excludes halogenated alkanes) is 11. The summed E-state index contributed by atoms with van der Waals surface area (Å²) >= 11 is 0. The molecule has 0 fully saturated rings. The summed E-state index contributed by atoms with van der Waals surface area (Å²) in [5.41, 5.74) is 0.324. The van der Waals surface area contributed by atoms with Crippen LogP contribution in [-0.2, 0) is 4.79 Å². The molecule has 0 aromatic heterocycles. The molecule has 1 aromatic rings. The summed E-state index contributed by atoms with van der Waals surface area (Å²) in [5, 5.41) is 24.0. The average molecular weight is 548 g/mol. The predicted molar refractivity (Wildman–Crippen MR) is 164 cm³/mol. The van der Waals surface area contributed by atoms with Gasteiger partial charge in [0, 0.05) is 12.1 Å². The molecule has 0 aliphatic heterocycles. The van der Waals surface area contributed by atoms with E-state index in [4.69, 9.17) is 4.74 Å². The number of phenolic OH excluding ortho intramolecular Hbond substituents is 1. The topological polar surface area (TPSA) is 78.8 Å². The van der Waals surface area contributed by atoms with Crippen LogP contribution in [0.25, 0.3) is 0 Å². The number of aliphatic hydroxyl groups excluding tert-OH is 1. The molecule has 226 valence electrons. The predicted octanol–water partition coefficient (Wildman–Crippen LogP) is 9.25. The largest absolute Gasteiger partial charge is 0.504 e. The van der Waals surface area contributed by atoms with Crippen LogP contribution < -0.4 is 10.1 Å². The third-order valence-electron chi connectivity index (χ3n) is 7.43. The van der Waals surface area contributed by atoms with Gasteiger partial charge in [-0.1, -0.05) is 104 Å². The third-order valence-corrected chi connectivity index (χ3v) is 7.43. The van der Waals surface area contributed by atoms with Crippen LogP contribution in [0.1, 0.15) is 157 Å². The molecular formula is C34H61NO4. The van der Waals surface area contributed by atoms with Gasteiger partial charge in [-0.15, -0.1) is 0 Å². The summed E-state index contributed by atoms with van der Waals surface area (Å²) in [6.07, 6.45) is 16.9. The summed E-state index contributed by atoms with van der Waals surface area (Å²) < 4.78 is 5.55.